The summed E-state index contributed by atoms with van der Waals surface area (Å²) in [4.78, 5) is 14.3. The van der Waals surface area contributed by atoms with Crippen LogP contribution in [0.1, 0.15) is 22.8 Å². The summed E-state index contributed by atoms with van der Waals surface area (Å²) in [7, 11) is 0. The summed E-state index contributed by atoms with van der Waals surface area (Å²) >= 11 is 12.0. The summed E-state index contributed by atoms with van der Waals surface area (Å²) in [5.41, 5.74) is 7.96. The molecule has 2 aromatic rings. The Morgan fingerprint density at radius 3 is 2.52 bits per heavy atom. The number of rotatable bonds is 4. The molecular formula is C16H16Cl2N2O. The van der Waals surface area contributed by atoms with Crippen LogP contribution in [-0.4, -0.2) is 17.4 Å². The lowest BCUT2D eigenvalue weighted by atomic mass is 10.1. The van der Waals surface area contributed by atoms with E-state index in [4.69, 9.17) is 28.9 Å². The minimum Gasteiger partial charge on any atom is -0.398 e. The predicted molar refractivity (Wildman–Crippen MR) is 87.7 cm³/mol. The van der Waals surface area contributed by atoms with E-state index < -0.39 is 0 Å². The van der Waals surface area contributed by atoms with Crippen LogP contribution in [0.5, 0.6) is 0 Å². The summed E-state index contributed by atoms with van der Waals surface area (Å²) in [5.74, 6) is -0.137. The maximum atomic E-state index is 12.6. The van der Waals surface area contributed by atoms with Crippen LogP contribution in [0.15, 0.2) is 42.5 Å². The lowest BCUT2D eigenvalue weighted by Crippen LogP contribution is -2.30. The van der Waals surface area contributed by atoms with Crippen molar-refractivity contribution < 1.29 is 4.79 Å². The van der Waals surface area contributed by atoms with Crippen molar-refractivity contribution in [2.75, 3.05) is 12.3 Å². The molecule has 0 aliphatic rings. The Balaban J connectivity index is 2.25. The molecule has 2 aromatic carbocycles. The Hall–Kier alpha value is -1.71. The Kier molecular flexibility index (Phi) is 5.10. The van der Waals surface area contributed by atoms with Crippen LogP contribution >= 0.6 is 23.2 Å². The summed E-state index contributed by atoms with van der Waals surface area (Å²) in [6.45, 7) is 2.92. The van der Waals surface area contributed by atoms with Crippen LogP contribution in [0, 0.1) is 0 Å². The molecule has 0 unspecified atom stereocenters. The van der Waals surface area contributed by atoms with Crippen molar-refractivity contribution in [3.63, 3.8) is 0 Å². The van der Waals surface area contributed by atoms with Crippen LogP contribution in [0.4, 0.5) is 5.69 Å². The highest BCUT2D eigenvalue weighted by molar-refractivity contribution is 6.36. The van der Waals surface area contributed by atoms with E-state index in [9.17, 15) is 4.79 Å². The third-order valence-corrected chi connectivity index (χ3v) is 3.79. The van der Waals surface area contributed by atoms with Crippen molar-refractivity contribution in [3.8, 4) is 0 Å². The van der Waals surface area contributed by atoms with Crippen molar-refractivity contribution in [1.29, 1.82) is 0 Å². The fourth-order valence-electron chi connectivity index (χ4n) is 2.04. The Morgan fingerprint density at radius 2 is 1.90 bits per heavy atom. The van der Waals surface area contributed by atoms with E-state index in [1.165, 1.54) is 0 Å². The maximum absolute atomic E-state index is 12.6. The van der Waals surface area contributed by atoms with Gasteiger partial charge in [0, 0.05) is 23.8 Å². The second kappa shape index (κ2) is 6.83. The summed E-state index contributed by atoms with van der Waals surface area (Å²) in [6, 6.07) is 12.4. The molecule has 0 radical (unpaired) electrons. The van der Waals surface area contributed by atoms with E-state index in [-0.39, 0.29) is 5.91 Å². The fourth-order valence-corrected chi connectivity index (χ4v) is 2.53. The average molecular weight is 323 g/mol. The first kappa shape index (κ1) is 15.7. The van der Waals surface area contributed by atoms with Gasteiger partial charge in [-0.2, -0.15) is 0 Å². The topological polar surface area (TPSA) is 46.3 Å². The van der Waals surface area contributed by atoms with Gasteiger partial charge in [-0.1, -0.05) is 41.4 Å². The molecule has 0 fully saturated rings. The normalized spacial score (nSPS) is 10.4. The Bertz CT molecular complexity index is 658. The molecule has 21 heavy (non-hydrogen) atoms. The highest BCUT2D eigenvalue weighted by Crippen LogP contribution is 2.23. The zero-order valence-electron chi connectivity index (χ0n) is 11.6. The van der Waals surface area contributed by atoms with Gasteiger partial charge >= 0.3 is 0 Å². The van der Waals surface area contributed by atoms with E-state index in [0.29, 0.717) is 34.4 Å². The molecule has 0 bridgehead atoms. The Labute approximate surface area is 134 Å². The van der Waals surface area contributed by atoms with Gasteiger partial charge in [0.1, 0.15) is 0 Å². The highest BCUT2D eigenvalue weighted by atomic mass is 35.5. The van der Waals surface area contributed by atoms with E-state index in [1.54, 1.807) is 23.1 Å². The quantitative estimate of drug-likeness (QED) is 0.856. The monoisotopic (exact) mass is 322 g/mol. The molecular weight excluding hydrogens is 307 g/mol. The van der Waals surface area contributed by atoms with E-state index in [1.807, 2.05) is 31.2 Å². The highest BCUT2D eigenvalue weighted by Gasteiger charge is 2.18. The molecule has 0 aliphatic carbocycles. The van der Waals surface area contributed by atoms with Crippen molar-refractivity contribution in [1.82, 2.24) is 4.90 Å². The predicted octanol–water partition coefficient (Wildman–Crippen LogP) is 4.24. The van der Waals surface area contributed by atoms with Gasteiger partial charge in [-0.15, -0.1) is 0 Å². The lowest BCUT2D eigenvalue weighted by molar-refractivity contribution is 0.0753. The van der Waals surface area contributed by atoms with Crippen molar-refractivity contribution in [2.24, 2.45) is 0 Å². The second-order valence-corrected chi connectivity index (χ2v) is 5.49. The van der Waals surface area contributed by atoms with Gasteiger partial charge in [0.2, 0.25) is 0 Å². The minimum absolute atomic E-state index is 0.137. The number of benzene rings is 2. The van der Waals surface area contributed by atoms with Crippen LogP contribution < -0.4 is 5.73 Å². The first-order valence-electron chi connectivity index (χ1n) is 6.60. The molecule has 0 atom stereocenters. The fraction of sp³-hybridized carbons (Fsp3) is 0.188. The zero-order valence-corrected chi connectivity index (χ0v) is 13.2. The number of amides is 1. The molecule has 0 spiro atoms. The SMILES string of the molecule is CCN(Cc1ccccc1N)C(=O)c1ccc(Cl)cc1Cl. The largest absolute Gasteiger partial charge is 0.398 e. The van der Waals surface area contributed by atoms with Crippen molar-refractivity contribution in [2.45, 2.75) is 13.5 Å². The van der Waals surface area contributed by atoms with Gasteiger partial charge in [-0.25, -0.2) is 0 Å². The lowest BCUT2D eigenvalue weighted by Gasteiger charge is -2.22. The number of para-hydroxylation sites is 1. The summed E-state index contributed by atoms with van der Waals surface area (Å²) in [6.07, 6.45) is 0. The molecule has 110 valence electrons. The molecule has 0 saturated carbocycles. The van der Waals surface area contributed by atoms with Gasteiger partial charge in [0.05, 0.1) is 10.6 Å². The third kappa shape index (κ3) is 3.69. The number of anilines is 1. The van der Waals surface area contributed by atoms with Gasteiger partial charge in [0.25, 0.3) is 5.91 Å². The maximum Gasteiger partial charge on any atom is 0.255 e. The number of nitrogen functional groups attached to an aromatic ring is 1. The standard InChI is InChI=1S/C16H16Cl2N2O/c1-2-20(10-11-5-3-4-6-15(11)19)16(21)13-8-7-12(17)9-14(13)18/h3-9H,2,10,19H2,1H3. The van der Waals surface area contributed by atoms with E-state index >= 15 is 0 Å². The molecule has 0 saturated heterocycles. The number of hydrogen-bond donors (Lipinski definition) is 1. The van der Waals surface area contributed by atoms with E-state index in [2.05, 4.69) is 0 Å². The molecule has 1 amide bonds. The number of carbonyl (C=O) groups excluding carboxylic acids is 1. The number of nitrogens with two attached hydrogens (primary N) is 1. The smallest absolute Gasteiger partial charge is 0.255 e. The molecule has 0 aromatic heterocycles. The number of carbonyl (C=O) groups is 1. The van der Waals surface area contributed by atoms with Gasteiger partial charge in [-0.3, -0.25) is 4.79 Å². The van der Waals surface area contributed by atoms with Gasteiger partial charge < -0.3 is 10.6 Å². The molecule has 5 heteroatoms. The first-order chi connectivity index (χ1) is 10.0. The van der Waals surface area contributed by atoms with Crippen LogP contribution in [0.25, 0.3) is 0 Å². The first-order valence-corrected chi connectivity index (χ1v) is 7.36. The minimum atomic E-state index is -0.137. The zero-order chi connectivity index (χ0) is 15.4. The average Bonchev–Trinajstić information content (AvgIpc) is 2.46. The van der Waals surface area contributed by atoms with Crippen LogP contribution in [0.3, 0.4) is 0 Å². The van der Waals surface area contributed by atoms with Crippen LogP contribution in [-0.2, 0) is 6.54 Å². The Morgan fingerprint density at radius 1 is 1.19 bits per heavy atom. The third-order valence-electron chi connectivity index (χ3n) is 3.25. The molecule has 0 heterocycles. The van der Waals surface area contributed by atoms with Gasteiger partial charge in [-0.05, 0) is 36.8 Å². The summed E-state index contributed by atoms with van der Waals surface area (Å²) in [5, 5.41) is 0.860. The second-order valence-electron chi connectivity index (χ2n) is 4.64. The van der Waals surface area contributed by atoms with E-state index in [0.717, 1.165) is 5.56 Å². The summed E-state index contributed by atoms with van der Waals surface area (Å²) < 4.78 is 0. The van der Waals surface area contributed by atoms with Gasteiger partial charge in [0.15, 0.2) is 0 Å². The molecule has 2 rings (SSSR count). The number of hydrogen-bond acceptors (Lipinski definition) is 2. The molecule has 3 nitrogen and oxygen atoms in total. The van der Waals surface area contributed by atoms with Crippen LogP contribution in [0.2, 0.25) is 10.0 Å². The number of halogens is 2. The molecule has 0 aliphatic heterocycles. The molecule has 2 N–H and O–H groups in total. The number of nitrogens with zero attached hydrogens (tertiary/aromatic N) is 1. The van der Waals surface area contributed by atoms with Crippen molar-refractivity contribution >= 4 is 34.8 Å². The van der Waals surface area contributed by atoms with Crippen molar-refractivity contribution in [3.05, 3.63) is 63.6 Å².